The van der Waals surface area contributed by atoms with Gasteiger partial charge in [0.15, 0.2) is 0 Å². The minimum atomic E-state index is 0.771. The number of halogens is 1. The van der Waals surface area contributed by atoms with E-state index in [0.29, 0.717) is 0 Å². The van der Waals surface area contributed by atoms with Gasteiger partial charge in [0.2, 0.25) is 0 Å². The summed E-state index contributed by atoms with van der Waals surface area (Å²) >= 11 is 7.80. The molecule has 0 fully saturated rings. The molecule has 0 aliphatic carbocycles. The Morgan fingerprint density at radius 1 is 1.30 bits per heavy atom. The molecule has 1 N–H and O–H groups in total. The van der Waals surface area contributed by atoms with Crippen molar-refractivity contribution in [3.8, 4) is 0 Å². The van der Waals surface area contributed by atoms with Crippen molar-refractivity contribution in [1.82, 2.24) is 10.3 Å². The summed E-state index contributed by atoms with van der Waals surface area (Å²) in [6, 6.07) is 10.0. The Balaban J connectivity index is 2.08. The van der Waals surface area contributed by atoms with Crippen molar-refractivity contribution in [3.05, 3.63) is 52.7 Å². The average molecular weight is 307 g/mol. The summed E-state index contributed by atoms with van der Waals surface area (Å²) in [5, 5.41) is 5.17. The van der Waals surface area contributed by atoms with Gasteiger partial charge in [-0.05, 0) is 43.1 Å². The number of hydrogen-bond donors (Lipinski definition) is 1. The summed E-state index contributed by atoms with van der Waals surface area (Å²) in [5.74, 6) is 0. The second-order valence-electron chi connectivity index (χ2n) is 4.67. The van der Waals surface area contributed by atoms with Gasteiger partial charge in [-0.2, -0.15) is 0 Å². The highest BCUT2D eigenvalue weighted by atomic mass is 35.5. The van der Waals surface area contributed by atoms with Gasteiger partial charge < -0.3 is 5.32 Å². The molecule has 0 unspecified atom stereocenters. The number of nitrogens with zero attached hydrogens (tertiary/aromatic N) is 1. The Bertz CT molecular complexity index is 572. The molecular formula is C16H19ClN2S. The van der Waals surface area contributed by atoms with Crippen LogP contribution in [0.1, 0.15) is 24.5 Å². The highest BCUT2D eigenvalue weighted by molar-refractivity contribution is 7.99. The van der Waals surface area contributed by atoms with Crippen LogP contribution in [0, 0.1) is 6.92 Å². The number of rotatable bonds is 6. The Kier molecular flexibility index (Phi) is 5.89. The lowest BCUT2D eigenvalue weighted by Gasteiger charge is -2.09. The van der Waals surface area contributed by atoms with Gasteiger partial charge in [-0.25, -0.2) is 4.98 Å². The lowest BCUT2D eigenvalue weighted by Crippen LogP contribution is -2.14. The SMILES string of the molecule is CCCNCc1cnc(Sc2ccccc2Cl)c(C)c1. The average Bonchev–Trinajstić information content (AvgIpc) is 2.44. The molecule has 0 radical (unpaired) electrons. The maximum atomic E-state index is 6.18. The van der Waals surface area contributed by atoms with Crippen LogP contribution in [0.5, 0.6) is 0 Å². The first-order valence-electron chi connectivity index (χ1n) is 6.79. The van der Waals surface area contributed by atoms with E-state index in [2.05, 4.69) is 30.2 Å². The van der Waals surface area contributed by atoms with Gasteiger partial charge in [0.05, 0.1) is 5.02 Å². The van der Waals surface area contributed by atoms with Crippen LogP contribution < -0.4 is 5.32 Å². The second-order valence-corrected chi connectivity index (χ2v) is 6.11. The van der Waals surface area contributed by atoms with E-state index in [1.54, 1.807) is 11.8 Å². The van der Waals surface area contributed by atoms with Crippen molar-refractivity contribution in [2.45, 2.75) is 36.7 Å². The van der Waals surface area contributed by atoms with Crippen LogP contribution in [-0.4, -0.2) is 11.5 Å². The Morgan fingerprint density at radius 3 is 2.80 bits per heavy atom. The van der Waals surface area contributed by atoms with Gasteiger partial charge in [-0.3, -0.25) is 0 Å². The van der Waals surface area contributed by atoms with Crippen molar-refractivity contribution >= 4 is 23.4 Å². The van der Waals surface area contributed by atoms with E-state index in [1.165, 1.54) is 11.1 Å². The fourth-order valence-corrected chi connectivity index (χ4v) is 2.96. The van der Waals surface area contributed by atoms with Crippen LogP contribution in [0.4, 0.5) is 0 Å². The summed E-state index contributed by atoms with van der Waals surface area (Å²) in [6.45, 7) is 6.17. The van der Waals surface area contributed by atoms with E-state index in [1.807, 2.05) is 30.5 Å². The Labute approximate surface area is 130 Å². The first-order chi connectivity index (χ1) is 9.70. The molecule has 2 aromatic rings. The van der Waals surface area contributed by atoms with Crippen LogP contribution >= 0.6 is 23.4 Å². The molecule has 2 nitrogen and oxygen atoms in total. The number of aromatic nitrogens is 1. The van der Waals surface area contributed by atoms with E-state index >= 15 is 0 Å². The smallest absolute Gasteiger partial charge is 0.104 e. The fourth-order valence-electron chi connectivity index (χ4n) is 1.87. The lowest BCUT2D eigenvalue weighted by molar-refractivity contribution is 0.672. The van der Waals surface area contributed by atoms with Gasteiger partial charge in [-0.15, -0.1) is 0 Å². The van der Waals surface area contributed by atoms with Crippen molar-refractivity contribution < 1.29 is 0 Å². The fraction of sp³-hybridized carbons (Fsp3) is 0.312. The van der Waals surface area contributed by atoms with E-state index in [-0.39, 0.29) is 0 Å². The maximum Gasteiger partial charge on any atom is 0.104 e. The highest BCUT2D eigenvalue weighted by Crippen LogP contribution is 2.33. The number of benzene rings is 1. The van der Waals surface area contributed by atoms with Crippen LogP contribution in [0.3, 0.4) is 0 Å². The molecule has 0 saturated heterocycles. The molecule has 0 atom stereocenters. The number of pyridine rings is 1. The monoisotopic (exact) mass is 306 g/mol. The van der Waals surface area contributed by atoms with E-state index in [0.717, 1.165) is 34.5 Å². The Morgan fingerprint density at radius 2 is 2.10 bits per heavy atom. The number of aryl methyl sites for hydroxylation is 1. The largest absolute Gasteiger partial charge is 0.313 e. The molecule has 20 heavy (non-hydrogen) atoms. The molecule has 0 aliphatic rings. The third-order valence-corrected chi connectivity index (χ3v) is 4.52. The third kappa shape index (κ3) is 4.23. The van der Waals surface area contributed by atoms with Crippen LogP contribution in [0.15, 0.2) is 46.5 Å². The van der Waals surface area contributed by atoms with E-state index in [9.17, 15) is 0 Å². The molecule has 1 aromatic carbocycles. The van der Waals surface area contributed by atoms with Crippen LogP contribution in [0.25, 0.3) is 0 Å². The Hall–Kier alpha value is -1.03. The predicted octanol–water partition coefficient (Wildman–Crippen LogP) is 4.69. The standard InChI is InChI=1S/C16H19ClN2S/c1-3-8-18-10-13-9-12(2)16(19-11-13)20-15-7-5-4-6-14(15)17/h4-7,9,11,18H,3,8,10H2,1-2H3. The molecule has 0 spiro atoms. The topological polar surface area (TPSA) is 24.9 Å². The van der Waals surface area contributed by atoms with Crippen molar-refractivity contribution in [3.63, 3.8) is 0 Å². The summed E-state index contributed by atoms with van der Waals surface area (Å²) in [6.07, 6.45) is 3.09. The molecule has 4 heteroatoms. The quantitative estimate of drug-likeness (QED) is 0.783. The van der Waals surface area contributed by atoms with Crippen LogP contribution in [-0.2, 0) is 6.54 Å². The molecule has 0 saturated carbocycles. The first kappa shape index (κ1) is 15.4. The summed E-state index contributed by atoms with van der Waals surface area (Å²) in [5.41, 5.74) is 2.41. The van der Waals surface area contributed by atoms with Crippen molar-refractivity contribution in [1.29, 1.82) is 0 Å². The summed E-state index contributed by atoms with van der Waals surface area (Å²) < 4.78 is 0. The molecule has 2 rings (SSSR count). The van der Waals surface area contributed by atoms with Gasteiger partial charge >= 0.3 is 0 Å². The van der Waals surface area contributed by atoms with Crippen molar-refractivity contribution in [2.24, 2.45) is 0 Å². The molecular weight excluding hydrogens is 288 g/mol. The molecule has 1 heterocycles. The first-order valence-corrected chi connectivity index (χ1v) is 7.98. The zero-order chi connectivity index (χ0) is 14.4. The molecule has 1 aromatic heterocycles. The molecule has 106 valence electrons. The second kappa shape index (κ2) is 7.67. The number of nitrogens with one attached hydrogen (secondary N) is 1. The molecule has 0 bridgehead atoms. The van der Waals surface area contributed by atoms with Gasteiger partial charge in [-0.1, -0.05) is 48.5 Å². The normalized spacial score (nSPS) is 10.8. The van der Waals surface area contributed by atoms with Gasteiger partial charge in [0.25, 0.3) is 0 Å². The van der Waals surface area contributed by atoms with E-state index < -0.39 is 0 Å². The molecule has 0 aliphatic heterocycles. The van der Waals surface area contributed by atoms with Crippen LogP contribution in [0.2, 0.25) is 5.02 Å². The minimum Gasteiger partial charge on any atom is -0.313 e. The van der Waals surface area contributed by atoms with E-state index in [4.69, 9.17) is 11.6 Å². The van der Waals surface area contributed by atoms with Gasteiger partial charge in [0, 0.05) is 17.6 Å². The zero-order valence-corrected chi connectivity index (χ0v) is 13.4. The lowest BCUT2D eigenvalue weighted by atomic mass is 10.2. The summed E-state index contributed by atoms with van der Waals surface area (Å²) in [4.78, 5) is 5.60. The molecule has 0 amide bonds. The van der Waals surface area contributed by atoms with Gasteiger partial charge in [0.1, 0.15) is 5.03 Å². The number of hydrogen-bond acceptors (Lipinski definition) is 3. The third-order valence-electron chi connectivity index (χ3n) is 2.89. The minimum absolute atomic E-state index is 0.771. The maximum absolute atomic E-state index is 6.18. The van der Waals surface area contributed by atoms with Crippen molar-refractivity contribution in [2.75, 3.05) is 6.54 Å². The highest BCUT2D eigenvalue weighted by Gasteiger charge is 2.06. The summed E-state index contributed by atoms with van der Waals surface area (Å²) in [7, 11) is 0. The predicted molar refractivity (Wildman–Crippen MR) is 86.5 cm³/mol. The zero-order valence-electron chi connectivity index (χ0n) is 11.8.